The molecular weight excluding hydrogens is 290 g/mol. The molecule has 2 atom stereocenters. The molecule has 0 unspecified atom stereocenters. The van der Waals surface area contributed by atoms with E-state index in [0.29, 0.717) is 0 Å². The van der Waals surface area contributed by atoms with Crippen molar-refractivity contribution in [2.45, 2.75) is 19.4 Å². The topological polar surface area (TPSA) is 122 Å². The Hall–Kier alpha value is -2.95. The van der Waals surface area contributed by atoms with Crippen LogP contribution in [0.1, 0.15) is 23.7 Å². The van der Waals surface area contributed by atoms with Gasteiger partial charge in [-0.1, -0.05) is 13.0 Å². The molecule has 1 amide bonds. The largest absolute Gasteiger partial charge is 0.467 e. The van der Waals surface area contributed by atoms with E-state index in [1.807, 2.05) is 6.07 Å². The first-order chi connectivity index (χ1) is 10.4. The predicted octanol–water partition coefficient (Wildman–Crippen LogP) is 1.42. The van der Waals surface area contributed by atoms with Crippen LogP contribution < -0.4 is 5.32 Å². The monoisotopic (exact) mass is 305 g/mol. The number of hydrogen-bond acceptors (Lipinski definition) is 6. The fraction of sp³-hybridized carbons (Fsp3) is 0.357. The van der Waals surface area contributed by atoms with Crippen LogP contribution in [0.2, 0.25) is 0 Å². The summed E-state index contributed by atoms with van der Waals surface area (Å²) in [7, 11) is 1.17. The van der Waals surface area contributed by atoms with E-state index < -0.39 is 28.8 Å². The Morgan fingerprint density at radius 1 is 1.50 bits per heavy atom. The van der Waals surface area contributed by atoms with Gasteiger partial charge in [-0.25, -0.2) is 4.79 Å². The lowest BCUT2D eigenvalue weighted by Gasteiger charge is -2.21. The maximum absolute atomic E-state index is 12.1. The molecule has 0 aliphatic rings. The SMILES string of the molecule is COC(=O)[C@@H](NC(=O)c1cccc([N+](=O)[O-])c1)[C@H](C)CC#N. The molecule has 116 valence electrons. The van der Waals surface area contributed by atoms with Crippen LogP contribution in [-0.4, -0.2) is 30.0 Å². The number of nitrogens with zero attached hydrogens (tertiary/aromatic N) is 2. The van der Waals surface area contributed by atoms with Crippen LogP contribution in [0, 0.1) is 27.4 Å². The number of rotatable bonds is 6. The van der Waals surface area contributed by atoms with E-state index in [1.54, 1.807) is 6.92 Å². The third-order valence-corrected chi connectivity index (χ3v) is 3.04. The van der Waals surface area contributed by atoms with Gasteiger partial charge in [-0.3, -0.25) is 14.9 Å². The van der Waals surface area contributed by atoms with Crippen LogP contribution in [0.15, 0.2) is 24.3 Å². The molecular formula is C14H15N3O5. The number of nitro groups is 1. The number of carbonyl (C=O) groups excluding carboxylic acids is 2. The lowest BCUT2D eigenvalue weighted by molar-refractivity contribution is -0.384. The van der Waals surface area contributed by atoms with Gasteiger partial charge < -0.3 is 10.1 Å². The predicted molar refractivity (Wildman–Crippen MR) is 75.8 cm³/mol. The molecule has 0 radical (unpaired) electrons. The number of methoxy groups -OCH3 is 1. The summed E-state index contributed by atoms with van der Waals surface area (Å²) in [6.45, 7) is 1.62. The lowest BCUT2D eigenvalue weighted by atomic mass is 9.98. The molecule has 0 heterocycles. The molecule has 1 aromatic carbocycles. The van der Waals surface area contributed by atoms with Crippen molar-refractivity contribution in [1.29, 1.82) is 5.26 Å². The molecule has 0 aromatic heterocycles. The fourth-order valence-electron chi connectivity index (χ4n) is 1.81. The van der Waals surface area contributed by atoms with Gasteiger partial charge in [0.2, 0.25) is 0 Å². The van der Waals surface area contributed by atoms with E-state index in [-0.39, 0.29) is 17.7 Å². The van der Waals surface area contributed by atoms with Gasteiger partial charge >= 0.3 is 5.97 Å². The number of hydrogen-bond donors (Lipinski definition) is 1. The van der Waals surface area contributed by atoms with Crippen LogP contribution >= 0.6 is 0 Å². The van der Waals surface area contributed by atoms with E-state index in [9.17, 15) is 19.7 Å². The second kappa shape index (κ2) is 7.73. The van der Waals surface area contributed by atoms with Gasteiger partial charge in [0, 0.05) is 30.0 Å². The maximum Gasteiger partial charge on any atom is 0.328 e. The first-order valence-electron chi connectivity index (χ1n) is 6.40. The molecule has 0 saturated carbocycles. The van der Waals surface area contributed by atoms with E-state index in [0.717, 1.165) is 6.07 Å². The normalized spacial score (nSPS) is 12.6. The molecule has 1 rings (SSSR count). The highest BCUT2D eigenvalue weighted by Crippen LogP contribution is 2.15. The molecule has 0 aliphatic heterocycles. The number of non-ortho nitro benzene ring substituents is 1. The van der Waals surface area contributed by atoms with E-state index >= 15 is 0 Å². The van der Waals surface area contributed by atoms with Crippen molar-refractivity contribution in [1.82, 2.24) is 5.32 Å². The molecule has 0 saturated heterocycles. The number of esters is 1. The highest BCUT2D eigenvalue weighted by Gasteiger charge is 2.28. The van der Waals surface area contributed by atoms with Crippen LogP contribution in [0.5, 0.6) is 0 Å². The van der Waals surface area contributed by atoms with E-state index in [4.69, 9.17) is 5.26 Å². The van der Waals surface area contributed by atoms with Crippen molar-refractivity contribution in [3.05, 3.63) is 39.9 Å². The minimum absolute atomic E-state index is 0.0484. The minimum Gasteiger partial charge on any atom is -0.467 e. The summed E-state index contributed by atoms with van der Waals surface area (Å²) in [5.41, 5.74) is -0.181. The number of nitro benzene ring substituents is 1. The van der Waals surface area contributed by atoms with Crippen molar-refractivity contribution in [2.75, 3.05) is 7.11 Å². The van der Waals surface area contributed by atoms with Crippen LogP contribution in [0.3, 0.4) is 0 Å². The standard InChI is InChI=1S/C14H15N3O5/c1-9(6-7-15)12(14(19)22-2)16-13(18)10-4-3-5-11(8-10)17(20)21/h3-5,8-9,12H,6H2,1-2H3,(H,16,18)/t9-,12+/m1/s1. The zero-order valence-corrected chi connectivity index (χ0v) is 12.1. The van der Waals surface area contributed by atoms with Gasteiger partial charge in [0.05, 0.1) is 18.1 Å². The minimum atomic E-state index is -1.00. The number of benzene rings is 1. The molecule has 0 aliphatic carbocycles. The molecule has 0 spiro atoms. The van der Waals surface area contributed by atoms with E-state index in [2.05, 4.69) is 10.1 Å². The average Bonchev–Trinajstić information content (AvgIpc) is 2.51. The average molecular weight is 305 g/mol. The summed E-state index contributed by atoms with van der Waals surface area (Å²) in [4.78, 5) is 33.9. The van der Waals surface area contributed by atoms with Gasteiger partial charge in [-0.15, -0.1) is 0 Å². The summed E-state index contributed by atoms with van der Waals surface area (Å²) in [6, 6.07) is 6.05. The van der Waals surface area contributed by atoms with Crippen molar-refractivity contribution in [2.24, 2.45) is 5.92 Å². The Morgan fingerprint density at radius 3 is 2.73 bits per heavy atom. The number of carbonyl (C=O) groups is 2. The van der Waals surface area contributed by atoms with Crippen LogP contribution in [-0.2, 0) is 9.53 Å². The Labute approximate surface area is 126 Å². The zero-order chi connectivity index (χ0) is 16.7. The Kier molecular flexibility index (Phi) is 6.01. The number of ether oxygens (including phenoxy) is 1. The van der Waals surface area contributed by atoms with Crippen LogP contribution in [0.4, 0.5) is 5.69 Å². The Bertz CT molecular complexity index is 623. The zero-order valence-electron chi connectivity index (χ0n) is 12.1. The fourth-order valence-corrected chi connectivity index (χ4v) is 1.81. The number of nitriles is 1. The summed E-state index contributed by atoms with van der Waals surface area (Å²) >= 11 is 0. The summed E-state index contributed by atoms with van der Waals surface area (Å²) in [5.74, 6) is -1.79. The summed E-state index contributed by atoms with van der Waals surface area (Å²) < 4.78 is 4.61. The van der Waals surface area contributed by atoms with Crippen molar-refractivity contribution < 1.29 is 19.2 Å². The molecule has 8 nitrogen and oxygen atoms in total. The van der Waals surface area contributed by atoms with Crippen molar-refractivity contribution in [3.8, 4) is 6.07 Å². The molecule has 0 bridgehead atoms. The van der Waals surface area contributed by atoms with Gasteiger partial charge in [-0.2, -0.15) is 5.26 Å². The van der Waals surface area contributed by atoms with Crippen LogP contribution in [0.25, 0.3) is 0 Å². The summed E-state index contributed by atoms with van der Waals surface area (Å²) in [6.07, 6.45) is 0.0506. The number of nitrogens with one attached hydrogen (secondary N) is 1. The third kappa shape index (κ3) is 4.28. The summed E-state index contributed by atoms with van der Waals surface area (Å²) in [5, 5.41) is 21.9. The molecule has 1 N–H and O–H groups in total. The molecule has 22 heavy (non-hydrogen) atoms. The molecule has 1 aromatic rings. The van der Waals surface area contributed by atoms with Gasteiger partial charge in [-0.05, 0) is 6.07 Å². The first-order valence-corrected chi connectivity index (χ1v) is 6.40. The highest BCUT2D eigenvalue weighted by atomic mass is 16.6. The van der Waals surface area contributed by atoms with Crippen molar-refractivity contribution in [3.63, 3.8) is 0 Å². The van der Waals surface area contributed by atoms with Gasteiger partial charge in [0.25, 0.3) is 11.6 Å². The second-order valence-electron chi connectivity index (χ2n) is 4.62. The highest BCUT2D eigenvalue weighted by molar-refractivity contribution is 5.97. The van der Waals surface area contributed by atoms with Gasteiger partial charge in [0.15, 0.2) is 0 Å². The Balaban J connectivity index is 2.96. The smallest absolute Gasteiger partial charge is 0.328 e. The molecule has 8 heteroatoms. The second-order valence-corrected chi connectivity index (χ2v) is 4.62. The van der Waals surface area contributed by atoms with Crippen molar-refractivity contribution >= 4 is 17.6 Å². The first kappa shape index (κ1) is 17.1. The maximum atomic E-state index is 12.1. The third-order valence-electron chi connectivity index (χ3n) is 3.04. The van der Waals surface area contributed by atoms with E-state index in [1.165, 1.54) is 25.3 Å². The quantitative estimate of drug-likeness (QED) is 0.481. The number of amides is 1. The molecule has 0 fully saturated rings. The Morgan fingerprint density at radius 2 is 2.18 bits per heavy atom. The lowest BCUT2D eigenvalue weighted by Crippen LogP contribution is -2.45. The van der Waals surface area contributed by atoms with Gasteiger partial charge in [0.1, 0.15) is 6.04 Å².